The van der Waals surface area contributed by atoms with Crippen LogP contribution >= 0.6 is 0 Å². The Kier molecular flexibility index (Phi) is 7.42. The number of likely N-dealkylation sites (N-methyl/N-ethyl adjacent to an activating group) is 2. The first kappa shape index (κ1) is 24.9. The molecule has 1 aliphatic carbocycles. The minimum Gasteiger partial charge on any atom is -0.390 e. The van der Waals surface area contributed by atoms with Crippen LogP contribution in [0.25, 0.3) is 0 Å². The van der Waals surface area contributed by atoms with Gasteiger partial charge in [-0.25, -0.2) is 0 Å². The fourth-order valence-corrected chi connectivity index (χ4v) is 5.40. The first-order valence-electron chi connectivity index (χ1n) is 11.6. The maximum Gasteiger partial charge on any atom is 0.249 e. The number of benzene rings is 1. The molecule has 0 radical (unpaired) electrons. The van der Waals surface area contributed by atoms with Gasteiger partial charge in [-0.3, -0.25) is 0 Å². The number of ether oxygens (including phenoxy) is 3. The minimum absolute atomic E-state index is 0.0513. The Labute approximate surface area is 194 Å². The van der Waals surface area contributed by atoms with E-state index in [4.69, 9.17) is 14.2 Å². The molecule has 4 rings (SSSR count). The number of aliphatic hydroxyl groups is 4. The summed E-state index contributed by atoms with van der Waals surface area (Å²) < 4.78 is 18.0. The van der Waals surface area contributed by atoms with Gasteiger partial charge in [0.25, 0.3) is 0 Å². The third-order valence-electron chi connectivity index (χ3n) is 7.20. The predicted octanol–water partition coefficient (Wildman–Crippen LogP) is -1.93. The standard InChI is InChI=1S/C23H37N3O7/c1-13-11-22(29,12-26-10-9-14-7-5-4-6-8-14)23(30)21(31-13)32-20-18(28)15(24-2)17(27)16(25-3)19(20)33-23/h4-8,13,15-21,24-30H,9-12H2,1-3H3/t13-,15-,16+,17+,18+,19-,20-,21?,22+,23?/m1/s1. The van der Waals surface area contributed by atoms with E-state index in [1.54, 1.807) is 21.0 Å². The Hall–Kier alpha value is -1.18. The molecule has 1 aromatic carbocycles. The van der Waals surface area contributed by atoms with E-state index in [2.05, 4.69) is 16.0 Å². The smallest absolute Gasteiger partial charge is 0.249 e. The molecular weight excluding hydrogens is 430 g/mol. The van der Waals surface area contributed by atoms with Gasteiger partial charge in [-0.05, 0) is 39.5 Å². The Morgan fingerprint density at radius 2 is 1.67 bits per heavy atom. The first-order chi connectivity index (χ1) is 15.7. The lowest BCUT2D eigenvalue weighted by atomic mass is 9.77. The van der Waals surface area contributed by atoms with Crippen LogP contribution in [0.2, 0.25) is 0 Å². The van der Waals surface area contributed by atoms with Crippen molar-refractivity contribution in [1.82, 2.24) is 16.0 Å². The Bertz CT molecular complexity index is 789. The average Bonchev–Trinajstić information content (AvgIpc) is 2.78. The van der Waals surface area contributed by atoms with Gasteiger partial charge in [-0.15, -0.1) is 0 Å². The van der Waals surface area contributed by atoms with Gasteiger partial charge >= 0.3 is 0 Å². The van der Waals surface area contributed by atoms with Gasteiger partial charge in [0.2, 0.25) is 12.1 Å². The van der Waals surface area contributed by atoms with Crippen LogP contribution in [-0.2, 0) is 20.6 Å². The molecule has 2 unspecified atom stereocenters. The fraction of sp³-hybridized carbons (Fsp3) is 0.739. The molecule has 3 aliphatic rings. The largest absolute Gasteiger partial charge is 0.390 e. The van der Waals surface area contributed by atoms with E-state index in [0.717, 1.165) is 12.0 Å². The Morgan fingerprint density at radius 3 is 2.33 bits per heavy atom. The molecule has 3 fully saturated rings. The quantitative estimate of drug-likeness (QED) is 0.226. The molecule has 1 saturated carbocycles. The highest BCUT2D eigenvalue weighted by Crippen LogP contribution is 2.46. The van der Waals surface area contributed by atoms with Crippen LogP contribution in [0.4, 0.5) is 0 Å². The van der Waals surface area contributed by atoms with Crippen LogP contribution in [-0.4, -0.2) is 108 Å². The van der Waals surface area contributed by atoms with Crippen molar-refractivity contribution < 1.29 is 34.6 Å². The van der Waals surface area contributed by atoms with Crippen molar-refractivity contribution in [3.8, 4) is 0 Å². The van der Waals surface area contributed by atoms with Crippen molar-refractivity contribution in [3.05, 3.63) is 35.9 Å². The van der Waals surface area contributed by atoms with Crippen LogP contribution in [0.3, 0.4) is 0 Å². The van der Waals surface area contributed by atoms with E-state index in [9.17, 15) is 20.4 Å². The highest BCUT2D eigenvalue weighted by atomic mass is 16.8. The second kappa shape index (κ2) is 9.82. The van der Waals surface area contributed by atoms with Crippen molar-refractivity contribution >= 4 is 0 Å². The molecule has 0 spiro atoms. The number of hydrogen-bond donors (Lipinski definition) is 7. The highest BCUT2D eigenvalue weighted by molar-refractivity contribution is 5.15. The Balaban J connectivity index is 1.52. The normalized spacial score (nSPS) is 45.3. The number of rotatable bonds is 7. The SMILES string of the molecule is CN[C@@H]1[C@H](O)[C@H](NC)[C@H]2OC3(O)C(O[C@@H]2[C@H]1O)O[C@H](C)C[C@]3(O)CNCCc1ccccc1. The third-order valence-corrected chi connectivity index (χ3v) is 7.20. The topological polar surface area (TPSA) is 145 Å². The molecule has 10 atom stereocenters. The lowest BCUT2D eigenvalue weighted by Crippen LogP contribution is -2.81. The van der Waals surface area contributed by atoms with Crippen molar-refractivity contribution in [2.24, 2.45) is 0 Å². The number of hydrogen-bond acceptors (Lipinski definition) is 10. The first-order valence-corrected chi connectivity index (χ1v) is 11.6. The predicted molar refractivity (Wildman–Crippen MR) is 119 cm³/mol. The van der Waals surface area contributed by atoms with E-state index < -0.39 is 60.3 Å². The zero-order valence-electron chi connectivity index (χ0n) is 19.3. The summed E-state index contributed by atoms with van der Waals surface area (Å²) in [6, 6.07) is 8.65. The molecule has 2 aliphatic heterocycles. The monoisotopic (exact) mass is 467 g/mol. The molecule has 0 amide bonds. The number of aliphatic hydroxyl groups excluding tert-OH is 2. The van der Waals surface area contributed by atoms with Gasteiger partial charge in [-0.2, -0.15) is 0 Å². The molecule has 1 aromatic rings. The summed E-state index contributed by atoms with van der Waals surface area (Å²) in [5.74, 6) is -2.19. The Morgan fingerprint density at radius 1 is 0.970 bits per heavy atom. The molecular formula is C23H37N3O7. The fourth-order valence-electron chi connectivity index (χ4n) is 5.40. The zero-order valence-corrected chi connectivity index (χ0v) is 19.3. The van der Waals surface area contributed by atoms with E-state index >= 15 is 0 Å². The van der Waals surface area contributed by atoms with Crippen LogP contribution in [0, 0.1) is 0 Å². The van der Waals surface area contributed by atoms with Gasteiger partial charge in [0, 0.05) is 13.0 Å². The highest BCUT2D eigenvalue weighted by Gasteiger charge is 2.68. The second-order valence-electron chi connectivity index (χ2n) is 9.42. The molecule has 2 saturated heterocycles. The second-order valence-corrected chi connectivity index (χ2v) is 9.42. The summed E-state index contributed by atoms with van der Waals surface area (Å²) in [5.41, 5.74) is -0.555. The van der Waals surface area contributed by atoms with Gasteiger partial charge in [0.15, 0.2) is 0 Å². The van der Waals surface area contributed by atoms with Crippen molar-refractivity contribution in [2.75, 3.05) is 27.2 Å². The maximum atomic E-state index is 11.6. The average molecular weight is 468 g/mol. The van der Waals surface area contributed by atoms with Crippen LogP contribution < -0.4 is 16.0 Å². The lowest BCUT2D eigenvalue weighted by molar-refractivity contribution is -0.482. The van der Waals surface area contributed by atoms with Crippen molar-refractivity contribution in [1.29, 1.82) is 0 Å². The molecule has 0 bridgehead atoms. The molecule has 186 valence electrons. The summed E-state index contributed by atoms with van der Waals surface area (Å²) in [7, 11) is 3.30. The summed E-state index contributed by atoms with van der Waals surface area (Å²) in [6.45, 7) is 2.43. The summed E-state index contributed by atoms with van der Waals surface area (Å²) in [5, 5.41) is 54.0. The van der Waals surface area contributed by atoms with Crippen molar-refractivity contribution in [3.63, 3.8) is 0 Å². The summed E-state index contributed by atoms with van der Waals surface area (Å²) in [4.78, 5) is 0. The van der Waals surface area contributed by atoms with Crippen molar-refractivity contribution in [2.45, 2.75) is 80.0 Å². The van der Waals surface area contributed by atoms with Crippen LogP contribution in [0.5, 0.6) is 0 Å². The third kappa shape index (κ3) is 4.45. The van der Waals surface area contributed by atoms with E-state index in [0.29, 0.717) is 6.54 Å². The number of fused-ring (bicyclic) bond motifs is 2. The summed E-state index contributed by atoms with van der Waals surface area (Å²) >= 11 is 0. The van der Waals surface area contributed by atoms with Gasteiger partial charge < -0.3 is 50.6 Å². The molecule has 10 nitrogen and oxygen atoms in total. The van der Waals surface area contributed by atoms with E-state index in [-0.39, 0.29) is 13.0 Å². The molecule has 2 heterocycles. The van der Waals surface area contributed by atoms with Gasteiger partial charge in [0.1, 0.15) is 23.9 Å². The molecule has 0 aromatic heterocycles. The number of nitrogens with one attached hydrogen (secondary N) is 3. The van der Waals surface area contributed by atoms with Crippen LogP contribution in [0.15, 0.2) is 30.3 Å². The summed E-state index contributed by atoms with van der Waals surface area (Å²) in [6.07, 6.45) is -4.76. The zero-order chi connectivity index (χ0) is 23.8. The molecule has 10 heteroatoms. The molecule has 33 heavy (non-hydrogen) atoms. The van der Waals surface area contributed by atoms with E-state index in [1.165, 1.54) is 0 Å². The van der Waals surface area contributed by atoms with E-state index in [1.807, 2.05) is 30.3 Å². The van der Waals surface area contributed by atoms with Crippen LogP contribution in [0.1, 0.15) is 18.9 Å². The molecule has 7 N–H and O–H groups in total. The minimum atomic E-state index is -2.19. The maximum absolute atomic E-state index is 11.6. The lowest BCUT2D eigenvalue weighted by Gasteiger charge is -2.60. The van der Waals surface area contributed by atoms with Gasteiger partial charge in [-0.1, -0.05) is 30.3 Å². The van der Waals surface area contributed by atoms with Gasteiger partial charge in [0.05, 0.1) is 24.3 Å².